The molecule has 0 bridgehead atoms. The first-order chi connectivity index (χ1) is 11.2. The topological polar surface area (TPSA) is 64.1 Å². The number of carbonyl (C=O) groups excluding carboxylic acids is 1. The van der Waals surface area contributed by atoms with Crippen LogP contribution in [0.1, 0.15) is 16.1 Å². The fourth-order valence-corrected chi connectivity index (χ4v) is 2.88. The molecule has 3 heterocycles. The van der Waals surface area contributed by atoms with Crippen LogP contribution < -0.4 is 10.1 Å². The molecule has 3 aromatic rings. The predicted octanol–water partition coefficient (Wildman–Crippen LogP) is 2.69. The van der Waals surface area contributed by atoms with Crippen LogP contribution in [-0.4, -0.2) is 23.0 Å². The van der Waals surface area contributed by atoms with Gasteiger partial charge in [-0.25, -0.2) is 9.37 Å². The zero-order chi connectivity index (χ0) is 16.0. The second-order valence-corrected chi connectivity index (χ2v) is 5.21. The molecule has 1 aromatic carbocycles. The summed E-state index contributed by atoms with van der Waals surface area (Å²) < 4.78 is 20.1. The summed E-state index contributed by atoms with van der Waals surface area (Å²) in [7, 11) is 1.57. The number of halogens is 1. The van der Waals surface area contributed by atoms with E-state index in [2.05, 4.69) is 15.3 Å². The molecule has 0 radical (unpaired) electrons. The lowest BCUT2D eigenvalue weighted by molar-refractivity contribution is 0.0962. The number of hydrogen-bond donors (Lipinski definition) is 1. The van der Waals surface area contributed by atoms with Crippen molar-refractivity contribution in [1.29, 1.82) is 0 Å². The molecule has 2 aromatic heterocycles. The van der Waals surface area contributed by atoms with Crippen LogP contribution in [0.4, 0.5) is 4.39 Å². The van der Waals surface area contributed by atoms with Gasteiger partial charge in [0.1, 0.15) is 11.6 Å². The molecule has 1 amide bonds. The lowest BCUT2D eigenvalue weighted by Crippen LogP contribution is -2.13. The van der Waals surface area contributed by atoms with Gasteiger partial charge in [-0.3, -0.25) is 9.78 Å². The Hall–Kier alpha value is -3.02. The molecule has 4 rings (SSSR count). The van der Waals surface area contributed by atoms with Crippen LogP contribution >= 0.6 is 0 Å². The van der Waals surface area contributed by atoms with E-state index in [1.807, 2.05) is 6.07 Å². The van der Waals surface area contributed by atoms with Crippen LogP contribution in [0.15, 0.2) is 36.7 Å². The molecule has 1 aliphatic rings. The van der Waals surface area contributed by atoms with Crippen molar-refractivity contribution in [3.05, 3.63) is 53.7 Å². The van der Waals surface area contributed by atoms with E-state index in [9.17, 15) is 9.18 Å². The highest BCUT2D eigenvalue weighted by Crippen LogP contribution is 2.35. The Morgan fingerprint density at radius 1 is 1.26 bits per heavy atom. The number of nitrogens with zero attached hydrogens (tertiary/aromatic N) is 2. The van der Waals surface area contributed by atoms with Crippen LogP contribution in [0.3, 0.4) is 0 Å². The maximum Gasteiger partial charge on any atom is 0.256 e. The second-order valence-electron chi connectivity index (χ2n) is 5.21. The molecule has 0 fully saturated rings. The molecule has 0 atom stereocenters. The fourth-order valence-electron chi connectivity index (χ4n) is 2.88. The molecule has 1 N–H and O–H groups in total. The molecule has 0 spiro atoms. The quantitative estimate of drug-likeness (QED) is 0.790. The number of amides is 1. The molecular formula is C17H12FN3O2. The van der Waals surface area contributed by atoms with Crippen LogP contribution in [0.25, 0.3) is 22.0 Å². The number of fused-ring (bicyclic) bond motifs is 2. The molecule has 1 aliphatic heterocycles. The van der Waals surface area contributed by atoms with Gasteiger partial charge in [-0.1, -0.05) is 12.1 Å². The first kappa shape index (κ1) is 13.6. The highest BCUT2D eigenvalue weighted by Gasteiger charge is 2.27. The van der Waals surface area contributed by atoms with Crippen molar-refractivity contribution in [1.82, 2.24) is 15.3 Å². The van der Waals surface area contributed by atoms with Crippen LogP contribution in [0.5, 0.6) is 5.75 Å². The Labute approximate surface area is 131 Å². The Morgan fingerprint density at radius 3 is 2.96 bits per heavy atom. The van der Waals surface area contributed by atoms with Gasteiger partial charge in [0.2, 0.25) is 0 Å². The van der Waals surface area contributed by atoms with Gasteiger partial charge in [0.15, 0.2) is 0 Å². The van der Waals surface area contributed by atoms with Crippen molar-refractivity contribution in [2.75, 3.05) is 7.11 Å². The van der Waals surface area contributed by atoms with E-state index in [0.717, 1.165) is 5.56 Å². The van der Waals surface area contributed by atoms with E-state index in [4.69, 9.17) is 4.74 Å². The standard InChI is InChI=1S/C17H12FN3O2/c1-23-13-5-6-19-7-11(13)9-3-2-4-10-15(18)14-12(21-16(9)10)8-20-17(14)22/h2-7H,8H2,1H3,(H,20,22). The van der Waals surface area contributed by atoms with Gasteiger partial charge >= 0.3 is 0 Å². The zero-order valence-corrected chi connectivity index (χ0v) is 12.3. The minimum Gasteiger partial charge on any atom is -0.496 e. The van der Waals surface area contributed by atoms with Crippen molar-refractivity contribution in [2.24, 2.45) is 0 Å². The molecule has 0 saturated heterocycles. The number of pyridine rings is 2. The van der Waals surface area contributed by atoms with Crippen molar-refractivity contribution in [2.45, 2.75) is 6.54 Å². The Balaban J connectivity index is 2.07. The van der Waals surface area contributed by atoms with Gasteiger partial charge in [0.25, 0.3) is 5.91 Å². The summed E-state index contributed by atoms with van der Waals surface area (Å²) in [6.07, 6.45) is 3.28. The van der Waals surface area contributed by atoms with Gasteiger partial charge in [0, 0.05) is 28.9 Å². The minimum atomic E-state index is -0.537. The maximum absolute atomic E-state index is 14.8. The maximum atomic E-state index is 14.8. The lowest BCUT2D eigenvalue weighted by Gasteiger charge is -2.11. The Bertz CT molecular complexity index is 956. The van der Waals surface area contributed by atoms with E-state index < -0.39 is 11.7 Å². The summed E-state index contributed by atoms with van der Waals surface area (Å²) in [5.41, 5.74) is 2.40. The number of aromatic nitrogens is 2. The first-order valence-corrected chi connectivity index (χ1v) is 7.08. The molecule has 0 saturated carbocycles. The number of carbonyl (C=O) groups is 1. The normalized spacial score (nSPS) is 13.0. The number of hydrogen-bond acceptors (Lipinski definition) is 4. The third kappa shape index (κ3) is 1.95. The first-order valence-electron chi connectivity index (χ1n) is 7.08. The second kappa shape index (κ2) is 5.01. The Morgan fingerprint density at radius 2 is 2.13 bits per heavy atom. The molecule has 5 nitrogen and oxygen atoms in total. The van der Waals surface area contributed by atoms with Crippen molar-refractivity contribution < 1.29 is 13.9 Å². The van der Waals surface area contributed by atoms with Gasteiger partial charge in [-0.05, 0) is 12.1 Å². The SMILES string of the molecule is COc1ccncc1-c1cccc2c(F)c3c(nc12)CNC3=O. The number of methoxy groups -OCH3 is 1. The smallest absolute Gasteiger partial charge is 0.256 e. The van der Waals surface area contributed by atoms with Crippen molar-refractivity contribution in [3.63, 3.8) is 0 Å². The summed E-state index contributed by atoms with van der Waals surface area (Å²) in [6.45, 7) is 0.236. The number of benzene rings is 1. The molecule has 114 valence electrons. The van der Waals surface area contributed by atoms with Crippen molar-refractivity contribution >= 4 is 16.8 Å². The predicted molar refractivity (Wildman–Crippen MR) is 82.7 cm³/mol. The van der Waals surface area contributed by atoms with E-state index in [1.165, 1.54) is 0 Å². The number of rotatable bonds is 2. The van der Waals surface area contributed by atoms with Gasteiger partial charge in [-0.15, -0.1) is 0 Å². The minimum absolute atomic E-state index is 0.0350. The highest BCUT2D eigenvalue weighted by molar-refractivity contribution is 6.04. The highest BCUT2D eigenvalue weighted by atomic mass is 19.1. The molecule has 0 aliphatic carbocycles. The summed E-state index contributed by atoms with van der Waals surface area (Å²) >= 11 is 0. The zero-order valence-electron chi connectivity index (χ0n) is 12.3. The summed E-state index contributed by atoms with van der Waals surface area (Å²) in [6, 6.07) is 6.93. The number of nitrogens with one attached hydrogen (secondary N) is 1. The van der Waals surface area contributed by atoms with E-state index >= 15 is 0 Å². The molecule has 6 heteroatoms. The summed E-state index contributed by atoms with van der Waals surface area (Å²) in [5, 5.41) is 2.91. The van der Waals surface area contributed by atoms with Crippen LogP contribution in [0.2, 0.25) is 0 Å². The number of para-hydroxylation sites is 1. The summed E-state index contributed by atoms with van der Waals surface area (Å²) in [5.74, 6) is -0.328. The van der Waals surface area contributed by atoms with Crippen LogP contribution in [0, 0.1) is 5.82 Å². The van der Waals surface area contributed by atoms with E-state index in [1.54, 1.807) is 37.7 Å². The Kier molecular flexibility index (Phi) is 2.97. The summed E-state index contributed by atoms with van der Waals surface area (Å²) in [4.78, 5) is 20.4. The number of ether oxygens (including phenoxy) is 1. The van der Waals surface area contributed by atoms with Gasteiger partial charge < -0.3 is 10.1 Å². The van der Waals surface area contributed by atoms with E-state index in [-0.39, 0.29) is 12.1 Å². The molecular weight excluding hydrogens is 297 g/mol. The van der Waals surface area contributed by atoms with Crippen molar-refractivity contribution in [3.8, 4) is 16.9 Å². The van der Waals surface area contributed by atoms with Crippen LogP contribution in [-0.2, 0) is 6.54 Å². The average molecular weight is 309 g/mol. The average Bonchev–Trinajstić information content (AvgIpc) is 2.96. The van der Waals surface area contributed by atoms with E-state index in [0.29, 0.717) is 27.9 Å². The largest absolute Gasteiger partial charge is 0.496 e. The third-order valence-corrected chi connectivity index (χ3v) is 3.96. The molecule has 0 unspecified atom stereocenters. The fraction of sp³-hybridized carbons (Fsp3) is 0.118. The van der Waals surface area contributed by atoms with Gasteiger partial charge in [-0.2, -0.15) is 0 Å². The lowest BCUT2D eigenvalue weighted by atomic mass is 10.0. The monoisotopic (exact) mass is 309 g/mol. The molecule has 23 heavy (non-hydrogen) atoms. The third-order valence-electron chi connectivity index (χ3n) is 3.96. The van der Waals surface area contributed by atoms with Gasteiger partial charge in [0.05, 0.1) is 30.4 Å².